The van der Waals surface area contributed by atoms with Crippen LogP contribution in [0.1, 0.15) is 17.5 Å². The minimum atomic E-state index is -4.41. The third kappa shape index (κ3) is 4.70. The van der Waals surface area contributed by atoms with E-state index in [4.69, 9.17) is 4.74 Å². The zero-order valence-electron chi connectivity index (χ0n) is 18.1. The molecule has 0 unspecified atom stereocenters. The average Bonchev–Trinajstić information content (AvgIpc) is 2.80. The van der Waals surface area contributed by atoms with Gasteiger partial charge in [0.1, 0.15) is 0 Å². The van der Waals surface area contributed by atoms with Crippen LogP contribution in [0.3, 0.4) is 0 Å². The number of benzene rings is 2. The summed E-state index contributed by atoms with van der Waals surface area (Å²) >= 11 is 0. The minimum Gasteiger partial charge on any atom is -0.385 e. The summed E-state index contributed by atoms with van der Waals surface area (Å²) in [5.41, 5.74) is 1.81. The maximum absolute atomic E-state index is 13.3. The number of anilines is 2. The number of piperazine rings is 1. The monoisotopic (exact) mass is 447 g/mol. The van der Waals surface area contributed by atoms with Crippen molar-refractivity contribution < 1.29 is 22.7 Å². The molecular formula is C24H28F3N3O2. The van der Waals surface area contributed by atoms with Gasteiger partial charge in [-0.2, -0.15) is 13.2 Å². The molecule has 4 rings (SSSR count). The first-order valence-electron chi connectivity index (χ1n) is 10.9. The van der Waals surface area contributed by atoms with E-state index in [2.05, 4.69) is 15.1 Å². The molecule has 2 atom stereocenters. The molecule has 2 aromatic rings. The first-order valence-corrected chi connectivity index (χ1v) is 10.9. The predicted molar refractivity (Wildman–Crippen MR) is 118 cm³/mol. The third-order valence-corrected chi connectivity index (χ3v) is 6.32. The van der Waals surface area contributed by atoms with E-state index < -0.39 is 17.7 Å². The molecule has 1 saturated heterocycles. The third-order valence-electron chi connectivity index (χ3n) is 6.32. The highest BCUT2D eigenvalue weighted by molar-refractivity contribution is 5.82. The summed E-state index contributed by atoms with van der Waals surface area (Å²) in [6.45, 7) is 3.04. The Balaban J connectivity index is 1.62. The molecule has 0 aromatic heterocycles. The summed E-state index contributed by atoms with van der Waals surface area (Å²) in [5.74, 6) is -0.547. The summed E-state index contributed by atoms with van der Waals surface area (Å²) < 4.78 is 45.0. The van der Waals surface area contributed by atoms with Crippen molar-refractivity contribution in [2.45, 2.75) is 25.1 Å². The van der Waals surface area contributed by atoms with Crippen LogP contribution in [-0.2, 0) is 22.1 Å². The van der Waals surface area contributed by atoms with E-state index in [1.54, 1.807) is 13.2 Å². The minimum absolute atomic E-state index is 0.115. The lowest BCUT2D eigenvalue weighted by atomic mass is 9.82. The van der Waals surface area contributed by atoms with Crippen molar-refractivity contribution in [2.24, 2.45) is 5.92 Å². The van der Waals surface area contributed by atoms with Gasteiger partial charge in [0.05, 0.1) is 17.5 Å². The van der Waals surface area contributed by atoms with E-state index in [1.807, 2.05) is 30.3 Å². The average molecular weight is 448 g/mol. The second kappa shape index (κ2) is 9.40. The molecule has 0 spiro atoms. The molecule has 2 aliphatic rings. The molecule has 2 heterocycles. The van der Waals surface area contributed by atoms with Crippen LogP contribution in [0.4, 0.5) is 24.5 Å². The molecule has 1 N–H and O–H groups in total. The quantitative estimate of drug-likeness (QED) is 0.686. The summed E-state index contributed by atoms with van der Waals surface area (Å²) in [7, 11) is 1.61. The van der Waals surface area contributed by atoms with Gasteiger partial charge in [0.25, 0.3) is 0 Å². The van der Waals surface area contributed by atoms with Gasteiger partial charge in [0, 0.05) is 51.3 Å². The number of rotatable bonds is 6. The smallest absolute Gasteiger partial charge is 0.385 e. The van der Waals surface area contributed by atoms with Crippen LogP contribution in [0.25, 0.3) is 0 Å². The lowest BCUT2D eigenvalue weighted by Crippen LogP contribution is -2.61. The first-order chi connectivity index (χ1) is 15.4. The van der Waals surface area contributed by atoms with Gasteiger partial charge in [-0.05, 0) is 48.7 Å². The summed E-state index contributed by atoms with van der Waals surface area (Å²) in [4.78, 5) is 17.5. The van der Waals surface area contributed by atoms with Gasteiger partial charge in [-0.1, -0.05) is 18.2 Å². The Bertz CT molecular complexity index is 936. The molecular weight excluding hydrogens is 419 g/mol. The van der Waals surface area contributed by atoms with Gasteiger partial charge in [-0.25, -0.2) is 0 Å². The van der Waals surface area contributed by atoms with Crippen LogP contribution in [0.2, 0.25) is 0 Å². The van der Waals surface area contributed by atoms with E-state index in [1.165, 1.54) is 6.07 Å². The van der Waals surface area contributed by atoms with Crippen molar-refractivity contribution in [3.05, 3.63) is 59.7 Å². The standard InChI is InChI=1S/C24H28F3N3O2/c1-32-13-5-10-28-23(31)20-15-17-14-18(24(25,26)27)8-9-21(17)30-12-11-29(16-22(20)30)19-6-3-2-4-7-19/h2-4,6-9,14,20,22H,5,10-13,15-16H2,1H3,(H,28,31)/t20-,22-/m0/s1. The second-order valence-corrected chi connectivity index (χ2v) is 8.33. The van der Waals surface area contributed by atoms with Crippen molar-refractivity contribution in [3.8, 4) is 0 Å². The van der Waals surface area contributed by atoms with Crippen molar-refractivity contribution in [1.29, 1.82) is 0 Å². The highest BCUT2D eigenvalue weighted by Gasteiger charge is 2.42. The number of alkyl halides is 3. The number of nitrogens with zero attached hydrogens (tertiary/aromatic N) is 2. The molecule has 172 valence electrons. The Morgan fingerprint density at radius 2 is 1.94 bits per heavy atom. The Morgan fingerprint density at radius 1 is 1.16 bits per heavy atom. The molecule has 0 bridgehead atoms. The van der Waals surface area contributed by atoms with E-state index in [0.717, 1.165) is 24.0 Å². The number of carbonyl (C=O) groups is 1. The lowest BCUT2D eigenvalue weighted by Gasteiger charge is -2.49. The highest BCUT2D eigenvalue weighted by atomic mass is 19.4. The summed E-state index contributed by atoms with van der Waals surface area (Å²) in [6, 6.07) is 13.8. The number of methoxy groups -OCH3 is 1. The van der Waals surface area contributed by atoms with Gasteiger partial charge >= 0.3 is 6.18 Å². The number of carbonyl (C=O) groups excluding carboxylic acids is 1. The zero-order chi connectivity index (χ0) is 22.7. The largest absolute Gasteiger partial charge is 0.416 e. The van der Waals surface area contributed by atoms with Crippen LogP contribution in [-0.4, -0.2) is 51.8 Å². The lowest BCUT2D eigenvalue weighted by molar-refractivity contribution is -0.137. The number of ether oxygens (including phenoxy) is 1. The van der Waals surface area contributed by atoms with E-state index >= 15 is 0 Å². The van der Waals surface area contributed by atoms with Crippen LogP contribution in [0.5, 0.6) is 0 Å². The maximum Gasteiger partial charge on any atom is 0.416 e. The van der Waals surface area contributed by atoms with Gasteiger partial charge in [-0.15, -0.1) is 0 Å². The Labute approximate surface area is 186 Å². The fourth-order valence-electron chi connectivity index (χ4n) is 4.73. The highest BCUT2D eigenvalue weighted by Crippen LogP contribution is 2.40. The Hall–Kier alpha value is -2.74. The van der Waals surface area contributed by atoms with Crippen LogP contribution in [0.15, 0.2) is 48.5 Å². The number of halogens is 3. The van der Waals surface area contributed by atoms with Gasteiger partial charge in [0.2, 0.25) is 5.91 Å². The number of para-hydroxylation sites is 1. The molecule has 0 radical (unpaired) electrons. The SMILES string of the molecule is COCCCNC(=O)[C@H]1Cc2cc(C(F)(F)F)ccc2N2CCN(c3ccccc3)C[C@@H]12. The number of hydrogen-bond acceptors (Lipinski definition) is 4. The van der Waals surface area contributed by atoms with Crippen molar-refractivity contribution >= 4 is 17.3 Å². The van der Waals surface area contributed by atoms with E-state index in [9.17, 15) is 18.0 Å². The fourth-order valence-corrected chi connectivity index (χ4v) is 4.73. The van der Waals surface area contributed by atoms with Crippen LogP contribution in [0, 0.1) is 5.92 Å². The molecule has 32 heavy (non-hydrogen) atoms. The van der Waals surface area contributed by atoms with Crippen molar-refractivity contribution in [2.75, 3.05) is 49.7 Å². The molecule has 8 heteroatoms. The molecule has 0 saturated carbocycles. The van der Waals surface area contributed by atoms with Crippen LogP contribution >= 0.6 is 0 Å². The number of amides is 1. The topological polar surface area (TPSA) is 44.8 Å². The fraction of sp³-hybridized carbons (Fsp3) is 0.458. The number of nitrogens with one attached hydrogen (secondary N) is 1. The Kier molecular flexibility index (Phi) is 6.60. The molecule has 2 aromatic carbocycles. The number of hydrogen-bond donors (Lipinski definition) is 1. The Morgan fingerprint density at radius 3 is 2.66 bits per heavy atom. The van der Waals surface area contributed by atoms with Crippen molar-refractivity contribution in [3.63, 3.8) is 0 Å². The molecule has 2 aliphatic heterocycles. The van der Waals surface area contributed by atoms with Gasteiger partial charge < -0.3 is 19.9 Å². The summed E-state index contributed by atoms with van der Waals surface area (Å²) in [5, 5.41) is 2.96. The predicted octanol–water partition coefficient (Wildman–Crippen LogP) is 3.73. The maximum atomic E-state index is 13.3. The number of fused-ring (bicyclic) bond motifs is 3. The molecule has 5 nitrogen and oxygen atoms in total. The van der Waals surface area contributed by atoms with Crippen molar-refractivity contribution in [1.82, 2.24) is 5.32 Å². The second-order valence-electron chi connectivity index (χ2n) is 8.33. The normalized spacial score (nSPS) is 20.5. The molecule has 1 amide bonds. The van der Waals surface area contributed by atoms with E-state index in [0.29, 0.717) is 44.6 Å². The van der Waals surface area contributed by atoms with E-state index in [-0.39, 0.29) is 11.9 Å². The first kappa shape index (κ1) is 22.5. The molecule has 0 aliphatic carbocycles. The summed E-state index contributed by atoms with van der Waals surface area (Å²) in [6.07, 6.45) is -3.43. The zero-order valence-corrected chi connectivity index (χ0v) is 18.1. The molecule has 1 fully saturated rings. The van der Waals surface area contributed by atoms with Gasteiger partial charge in [0.15, 0.2) is 0 Å². The van der Waals surface area contributed by atoms with Crippen LogP contribution < -0.4 is 15.1 Å². The van der Waals surface area contributed by atoms with Gasteiger partial charge in [-0.3, -0.25) is 4.79 Å².